The molecule has 19 heteroatoms. The standard InChI is InChI=1S/C29H30N6O3.C28H29N7O3/c1-4-24(36)15-20-6-5-7-23(14-20)35-28(37)19-30-25-18-31-27(32-29(25)35)16-21-8-9-22(17-26(21)38-3)34-12-10-33(2)11-13-34;1-4-26(36)31-20-6-9-21(10-7-20)35-27(37)18-29-23-17-30-25(32-28(23)35)15-19-5-8-22(16-24(19)38-3)34-13-11-33(2)12-14-34/h4-9,14,17-19H,1,10-13,15-16H2,2-3H3;4-10,16-18H,1,11-15H2,2-3H3,(H,31,36). The van der Waals surface area contributed by atoms with Gasteiger partial charge in [0.2, 0.25) is 5.91 Å². The van der Waals surface area contributed by atoms with Crippen molar-refractivity contribution in [3.05, 3.63) is 184 Å². The molecule has 8 aromatic rings. The second-order valence-electron chi connectivity index (χ2n) is 18.5. The number of ether oxygens (including phenoxy) is 2. The Morgan fingerprint density at radius 1 is 0.579 bits per heavy atom. The number of ketones is 1. The fourth-order valence-corrected chi connectivity index (χ4v) is 9.15. The van der Waals surface area contributed by atoms with E-state index < -0.39 is 0 Å². The number of allylic oxidation sites excluding steroid dienone is 1. The first-order valence-electron chi connectivity index (χ1n) is 24.9. The van der Waals surface area contributed by atoms with Crippen molar-refractivity contribution in [2.45, 2.75) is 19.3 Å². The molecule has 6 heterocycles. The molecule has 19 nitrogen and oxygen atoms in total. The van der Waals surface area contributed by atoms with Crippen LogP contribution < -0.4 is 35.7 Å². The van der Waals surface area contributed by atoms with E-state index in [-0.39, 0.29) is 29.2 Å². The molecule has 0 atom stereocenters. The molecule has 1 N–H and O–H groups in total. The highest BCUT2D eigenvalue weighted by Gasteiger charge is 2.20. The highest BCUT2D eigenvalue weighted by molar-refractivity contribution is 5.99. The number of nitrogens with one attached hydrogen (secondary N) is 1. The molecule has 0 spiro atoms. The Kier molecular flexibility index (Phi) is 16.1. The number of rotatable bonds is 15. The molecule has 76 heavy (non-hydrogen) atoms. The molecular formula is C57H59N13O6. The van der Waals surface area contributed by atoms with E-state index in [9.17, 15) is 19.2 Å². The molecule has 2 fully saturated rings. The summed E-state index contributed by atoms with van der Waals surface area (Å²) in [5.41, 5.74) is 7.90. The van der Waals surface area contributed by atoms with Crippen LogP contribution in [0.5, 0.6) is 11.5 Å². The fraction of sp³-hybridized carbons (Fsp3) is 0.263. The Balaban J connectivity index is 0.000000186. The number of carbonyl (C=O) groups is 2. The summed E-state index contributed by atoms with van der Waals surface area (Å²) in [5, 5.41) is 2.70. The summed E-state index contributed by atoms with van der Waals surface area (Å²) in [4.78, 5) is 85.6. The van der Waals surface area contributed by atoms with Crippen molar-refractivity contribution in [2.75, 3.05) is 95.8 Å². The van der Waals surface area contributed by atoms with Crippen molar-refractivity contribution in [3.63, 3.8) is 0 Å². The molecule has 0 saturated carbocycles. The molecule has 1 amide bonds. The third-order valence-corrected chi connectivity index (χ3v) is 13.4. The van der Waals surface area contributed by atoms with E-state index in [1.807, 2.05) is 30.3 Å². The summed E-state index contributed by atoms with van der Waals surface area (Å²) in [6.07, 6.45) is 9.32. The second-order valence-corrected chi connectivity index (χ2v) is 18.5. The summed E-state index contributed by atoms with van der Waals surface area (Å²) >= 11 is 0. The van der Waals surface area contributed by atoms with Gasteiger partial charge in [0.15, 0.2) is 17.1 Å². The van der Waals surface area contributed by atoms with E-state index in [0.29, 0.717) is 63.9 Å². The number of fused-ring (bicyclic) bond motifs is 2. The van der Waals surface area contributed by atoms with Crippen LogP contribution in [-0.2, 0) is 28.9 Å². The summed E-state index contributed by atoms with van der Waals surface area (Å²) in [5.74, 6) is 2.22. The molecule has 2 aliphatic heterocycles. The average molecular weight is 1020 g/mol. The molecule has 0 radical (unpaired) electrons. The van der Waals surface area contributed by atoms with Crippen LogP contribution in [0.25, 0.3) is 33.7 Å². The van der Waals surface area contributed by atoms with E-state index in [1.54, 1.807) is 50.9 Å². The SMILES string of the molecule is C=CC(=O)Cc1cccc(-n2c(=O)cnc3cnc(Cc4ccc(N5CCN(C)CC5)cc4OC)nc32)c1.C=CC(=O)Nc1ccc(-n2c(=O)cnc3cnc(Cc4ccc(N5CCN(C)CC5)cc4OC)nc32)cc1. The van der Waals surface area contributed by atoms with E-state index in [0.717, 1.165) is 91.9 Å². The maximum absolute atomic E-state index is 12.9. The predicted molar refractivity (Wildman–Crippen MR) is 295 cm³/mol. The lowest BCUT2D eigenvalue weighted by molar-refractivity contribution is -0.114. The summed E-state index contributed by atoms with van der Waals surface area (Å²) in [6.45, 7) is 15.0. The zero-order chi connectivity index (χ0) is 53.3. The predicted octanol–water partition coefficient (Wildman–Crippen LogP) is 5.48. The number of aromatic nitrogens is 8. The van der Waals surface area contributed by atoms with Gasteiger partial charge in [-0.2, -0.15) is 0 Å². The smallest absolute Gasteiger partial charge is 0.275 e. The largest absolute Gasteiger partial charge is 0.496 e. The van der Waals surface area contributed by atoms with Crippen LogP contribution >= 0.6 is 0 Å². The van der Waals surface area contributed by atoms with Gasteiger partial charge in [-0.15, -0.1) is 0 Å². The maximum atomic E-state index is 12.9. The van der Waals surface area contributed by atoms with Crippen LogP contribution in [0.4, 0.5) is 17.1 Å². The normalized spacial score (nSPS) is 13.9. The highest BCUT2D eigenvalue weighted by Crippen LogP contribution is 2.30. The average Bonchev–Trinajstić information content (AvgIpc) is 3.45. The first-order valence-corrected chi connectivity index (χ1v) is 24.9. The van der Waals surface area contributed by atoms with E-state index >= 15 is 0 Å². The van der Waals surface area contributed by atoms with E-state index in [2.05, 4.69) is 102 Å². The van der Waals surface area contributed by atoms with Gasteiger partial charge in [0.05, 0.1) is 50.4 Å². The molecule has 388 valence electrons. The Labute approximate surface area is 439 Å². The van der Waals surface area contributed by atoms with Gasteiger partial charge >= 0.3 is 0 Å². The number of hydrogen-bond donors (Lipinski definition) is 1. The van der Waals surface area contributed by atoms with Gasteiger partial charge in [-0.3, -0.25) is 28.3 Å². The Hall–Kier alpha value is -8.94. The number of nitrogens with zero attached hydrogens (tertiary/aromatic N) is 12. The fourth-order valence-electron chi connectivity index (χ4n) is 9.15. The number of piperazine rings is 2. The number of hydrogen-bond acceptors (Lipinski definition) is 16. The Morgan fingerprint density at radius 2 is 1.07 bits per heavy atom. The van der Waals surface area contributed by atoms with Crippen LogP contribution in [0.3, 0.4) is 0 Å². The minimum Gasteiger partial charge on any atom is -0.496 e. The number of benzene rings is 4. The number of anilines is 3. The summed E-state index contributed by atoms with van der Waals surface area (Å²) < 4.78 is 14.4. The zero-order valence-corrected chi connectivity index (χ0v) is 43.1. The first-order chi connectivity index (χ1) is 36.9. The molecule has 4 aromatic heterocycles. The number of carbonyl (C=O) groups excluding carboxylic acids is 2. The Morgan fingerprint density at radius 3 is 1.54 bits per heavy atom. The lowest BCUT2D eigenvalue weighted by Gasteiger charge is -2.34. The topological polar surface area (TPSA) is 199 Å². The third-order valence-electron chi connectivity index (χ3n) is 13.4. The van der Waals surface area contributed by atoms with E-state index in [4.69, 9.17) is 19.4 Å². The van der Waals surface area contributed by atoms with Crippen LogP contribution in [0, 0.1) is 0 Å². The van der Waals surface area contributed by atoms with Gasteiger partial charge in [0, 0.05) is 112 Å². The van der Waals surface area contributed by atoms with Gasteiger partial charge in [-0.25, -0.2) is 29.9 Å². The van der Waals surface area contributed by atoms with Crippen molar-refractivity contribution < 1.29 is 19.1 Å². The summed E-state index contributed by atoms with van der Waals surface area (Å²) in [6, 6.07) is 26.6. The molecule has 2 aliphatic rings. The monoisotopic (exact) mass is 1020 g/mol. The molecule has 0 unspecified atom stereocenters. The lowest BCUT2D eigenvalue weighted by atomic mass is 10.1. The highest BCUT2D eigenvalue weighted by atomic mass is 16.5. The zero-order valence-electron chi connectivity index (χ0n) is 43.1. The third kappa shape index (κ3) is 12.0. The molecule has 4 aromatic carbocycles. The molecule has 0 aliphatic carbocycles. The number of likely N-dealkylation sites (N-methyl/N-ethyl adjacent to an activating group) is 2. The van der Waals surface area contributed by atoms with E-state index in [1.165, 1.54) is 33.7 Å². The van der Waals surface area contributed by atoms with Gasteiger partial charge in [-0.05, 0) is 80.3 Å². The van der Waals surface area contributed by atoms with Crippen molar-refractivity contribution >= 4 is 51.1 Å². The molecule has 2 saturated heterocycles. The molecular weight excluding hydrogens is 963 g/mol. The van der Waals surface area contributed by atoms with Crippen LogP contribution in [0.15, 0.2) is 145 Å². The van der Waals surface area contributed by atoms with Crippen molar-refractivity contribution in [1.29, 1.82) is 0 Å². The summed E-state index contributed by atoms with van der Waals surface area (Å²) in [7, 11) is 7.61. The van der Waals surface area contributed by atoms with Crippen LogP contribution in [-0.4, -0.2) is 141 Å². The van der Waals surface area contributed by atoms with Crippen molar-refractivity contribution in [2.24, 2.45) is 0 Å². The van der Waals surface area contributed by atoms with Crippen molar-refractivity contribution in [1.82, 2.24) is 48.8 Å². The Bertz CT molecular complexity index is 3570. The molecule has 10 rings (SSSR count). The van der Waals surface area contributed by atoms with Crippen LogP contribution in [0.2, 0.25) is 0 Å². The van der Waals surface area contributed by atoms with Gasteiger partial charge in [0.1, 0.15) is 34.2 Å². The minimum absolute atomic E-state index is 0.0914. The van der Waals surface area contributed by atoms with Gasteiger partial charge < -0.3 is 34.4 Å². The number of methoxy groups -OCH3 is 2. The van der Waals surface area contributed by atoms with Gasteiger partial charge in [0.25, 0.3) is 11.1 Å². The number of amides is 1. The first kappa shape index (κ1) is 51.9. The molecule has 0 bridgehead atoms. The quantitative estimate of drug-likeness (QED) is 0.127. The van der Waals surface area contributed by atoms with Crippen LogP contribution in [0.1, 0.15) is 28.3 Å². The maximum Gasteiger partial charge on any atom is 0.275 e. The minimum atomic E-state index is -0.320. The van der Waals surface area contributed by atoms with Crippen molar-refractivity contribution in [3.8, 4) is 22.9 Å². The van der Waals surface area contributed by atoms with Gasteiger partial charge in [-0.1, -0.05) is 37.4 Å². The lowest BCUT2D eigenvalue weighted by Crippen LogP contribution is -2.44. The second kappa shape index (κ2) is 23.5.